The summed E-state index contributed by atoms with van der Waals surface area (Å²) in [6.45, 7) is 3.78. The summed E-state index contributed by atoms with van der Waals surface area (Å²) in [4.78, 5) is 15.2. The number of hydrogen-bond acceptors (Lipinski definition) is 4. The summed E-state index contributed by atoms with van der Waals surface area (Å²) in [7, 11) is 0. The lowest BCUT2D eigenvalue weighted by atomic mass is 9.91. The molecule has 0 bridgehead atoms. The van der Waals surface area contributed by atoms with E-state index in [1.54, 1.807) is 18.2 Å². The number of carbonyl (C=O) groups is 1. The molecule has 7 heteroatoms. The van der Waals surface area contributed by atoms with Gasteiger partial charge in [0.15, 0.2) is 5.96 Å². The second-order valence-corrected chi connectivity index (χ2v) is 5.14. The number of amides is 1. The van der Waals surface area contributed by atoms with Crippen LogP contribution in [-0.4, -0.2) is 28.4 Å². The molecule has 0 spiro atoms. The number of nitrogens with zero attached hydrogens (tertiary/aromatic N) is 2. The highest BCUT2D eigenvalue weighted by molar-refractivity contribution is 6.07. The van der Waals surface area contributed by atoms with E-state index in [4.69, 9.17) is 21.4 Å². The van der Waals surface area contributed by atoms with Crippen molar-refractivity contribution in [3.63, 3.8) is 0 Å². The average molecular weight is 276 g/mol. The first-order valence-electron chi connectivity index (χ1n) is 6.01. The Kier molecular flexibility index (Phi) is 3.35. The SMILES string of the molecule is CC1(C)CC(=NO)c2cc(C(=O)N=C(N)N)ccc2O1. The van der Waals surface area contributed by atoms with E-state index in [0.717, 1.165) is 0 Å². The molecule has 0 unspecified atom stereocenters. The zero-order chi connectivity index (χ0) is 14.9. The second kappa shape index (κ2) is 4.84. The number of fused-ring (bicyclic) bond motifs is 1. The molecule has 1 aliphatic rings. The Balaban J connectivity index is 2.46. The van der Waals surface area contributed by atoms with Gasteiger partial charge in [-0.05, 0) is 32.0 Å². The predicted octanol–water partition coefficient (Wildman–Crippen LogP) is 0.840. The summed E-state index contributed by atoms with van der Waals surface area (Å²) in [5.74, 6) is -0.314. The summed E-state index contributed by atoms with van der Waals surface area (Å²) in [5.41, 5.74) is 11.2. The molecular weight excluding hydrogens is 260 g/mol. The Morgan fingerprint density at radius 1 is 1.40 bits per heavy atom. The number of rotatable bonds is 1. The number of aliphatic imine (C=N–C) groups is 1. The fourth-order valence-corrected chi connectivity index (χ4v) is 2.08. The maximum atomic E-state index is 11.8. The van der Waals surface area contributed by atoms with Gasteiger partial charge in [0.25, 0.3) is 5.91 Å². The van der Waals surface area contributed by atoms with Crippen molar-refractivity contribution in [1.29, 1.82) is 0 Å². The van der Waals surface area contributed by atoms with Gasteiger partial charge in [-0.2, -0.15) is 4.99 Å². The molecule has 0 atom stereocenters. The molecule has 1 aromatic rings. The third-order valence-electron chi connectivity index (χ3n) is 2.87. The molecule has 0 aliphatic carbocycles. The third-order valence-corrected chi connectivity index (χ3v) is 2.87. The van der Waals surface area contributed by atoms with Crippen LogP contribution in [0.5, 0.6) is 5.75 Å². The van der Waals surface area contributed by atoms with Crippen LogP contribution in [0.15, 0.2) is 28.3 Å². The van der Waals surface area contributed by atoms with Crippen LogP contribution >= 0.6 is 0 Å². The van der Waals surface area contributed by atoms with Crippen LogP contribution in [0.2, 0.25) is 0 Å². The highest BCUT2D eigenvalue weighted by atomic mass is 16.5. The predicted molar refractivity (Wildman–Crippen MR) is 74.2 cm³/mol. The van der Waals surface area contributed by atoms with Gasteiger partial charge in [-0.1, -0.05) is 5.16 Å². The molecule has 7 nitrogen and oxygen atoms in total. The van der Waals surface area contributed by atoms with Gasteiger partial charge >= 0.3 is 0 Å². The quantitative estimate of drug-likeness (QED) is 0.303. The summed E-state index contributed by atoms with van der Waals surface area (Å²) in [6.07, 6.45) is 0.427. The molecule has 1 aromatic carbocycles. The van der Waals surface area contributed by atoms with E-state index in [0.29, 0.717) is 29.0 Å². The number of benzene rings is 1. The van der Waals surface area contributed by atoms with Crippen LogP contribution in [0.3, 0.4) is 0 Å². The molecule has 0 aromatic heterocycles. The lowest BCUT2D eigenvalue weighted by Gasteiger charge is -2.32. The minimum absolute atomic E-state index is 0.293. The molecule has 106 valence electrons. The minimum Gasteiger partial charge on any atom is -0.487 e. The molecule has 20 heavy (non-hydrogen) atoms. The van der Waals surface area contributed by atoms with Crippen molar-refractivity contribution in [2.75, 3.05) is 0 Å². The Hall–Kier alpha value is -2.57. The van der Waals surface area contributed by atoms with Gasteiger partial charge in [0.1, 0.15) is 11.4 Å². The molecule has 0 radical (unpaired) electrons. The number of carbonyl (C=O) groups excluding carboxylic acids is 1. The van der Waals surface area contributed by atoms with Gasteiger partial charge < -0.3 is 21.4 Å². The highest BCUT2D eigenvalue weighted by Crippen LogP contribution is 2.34. The van der Waals surface area contributed by atoms with E-state index in [2.05, 4.69) is 10.1 Å². The van der Waals surface area contributed by atoms with Crippen LogP contribution in [0.1, 0.15) is 36.2 Å². The van der Waals surface area contributed by atoms with Crippen LogP contribution in [0, 0.1) is 0 Å². The molecule has 0 fully saturated rings. The molecule has 1 heterocycles. The van der Waals surface area contributed by atoms with Crippen LogP contribution in [0.25, 0.3) is 0 Å². The Morgan fingerprint density at radius 2 is 2.10 bits per heavy atom. The lowest BCUT2D eigenvalue weighted by Crippen LogP contribution is -2.36. The fraction of sp³-hybridized carbons (Fsp3) is 0.308. The van der Waals surface area contributed by atoms with Crippen LogP contribution in [-0.2, 0) is 0 Å². The average Bonchev–Trinajstić information content (AvgIpc) is 2.35. The lowest BCUT2D eigenvalue weighted by molar-refractivity contribution is 0.100. The largest absolute Gasteiger partial charge is 0.487 e. The topological polar surface area (TPSA) is 123 Å². The monoisotopic (exact) mass is 276 g/mol. The van der Waals surface area contributed by atoms with Crippen molar-refractivity contribution in [1.82, 2.24) is 0 Å². The van der Waals surface area contributed by atoms with Gasteiger partial charge in [-0.3, -0.25) is 4.79 Å². The Labute approximate surface area is 115 Å². The zero-order valence-corrected chi connectivity index (χ0v) is 11.3. The van der Waals surface area contributed by atoms with Crippen molar-refractivity contribution in [2.45, 2.75) is 25.9 Å². The third kappa shape index (κ3) is 2.71. The summed E-state index contributed by atoms with van der Waals surface area (Å²) >= 11 is 0. The van der Waals surface area contributed by atoms with Crippen LogP contribution in [0.4, 0.5) is 0 Å². The summed E-state index contributed by atoms with van der Waals surface area (Å²) in [5, 5.41) is 12.4. The van der Waals surface area contributed by atoms with Crippen molar-refractivity contribution >= 4 is 17.6 Å². The van der Waals surface area contributed by atoms with Crippen molar-refractivity contribution in [3.05, 3.63) is 29.3 Å². The number of ether oxygens (including phenoxy) is 1. The maximum Gasteiger partial charge on any atom is 0.280 e. The van der Waals surface area contributed by atoms with E-state index in [9.17, 15) is 4.79 Å². The van der Waals surface area contributed by atoms with E-state index in [1.165, 1.54) is 0 Å². The standard InChI is InChI=1S/C13H16N4O3/c1-13(2)6-9(17-19)8-5-7(3-4-10(8)20-13)11(18)16-12(14)15/h3-5,19H,6H2,1-2H3,(H4,14,15,16,18). The first-order valence-corrected chi connectivity index (χ1v) is 6.01. The number of guanidine groups is 1. The van der Waals surface area contributed by atoms with Crippen molar-refractivity contribution < 1.29 is 14.7 Å². The smallest absolute Gasteiger partial charge is 0.280 e. The van der Waals surface area contributed by atoms with E-state index >= 15 is 0 Å². The van der Waals surface area contributed by atoms with E-state index < -0.39 is 11.5 Å². The van der Waals surface area contributed by atoms with Gasteiger partial charge in [-0.25, -0.2) is 0 Å². The zero-order valence-electron chi connectivity index (χ0n) is 11.3. The first kappa shape index (κ1) is 13.9. The van der Waals surface area contributed by atoms with Gasteiger partial charge in [-0.15, -0.1) is 0 Å². The number of nitrogens with two attached hydrogens (primary N) is 2. The Bertz CT molecular complexity index is 616. The summed E-state index contributed by atoms with van der Waals surface area (Å²) in [6, 6.07) is 4.75. The molecule has 0 saturated heterocycles. The van der Waals surface area contributed by atoms with Crippen molar-refractivity contribution in [2.24, 2.45) is 21.6 Å². The van der Waals surface area contributed by atoms with Gasteiger partial charge in [0.2, 0.25) is 0 Å². The maximum absolute atomic E-state index is 11.8. The van der Waals surface area contributed by atoms with Crippen molar-refractivity contribution in [3.8, 4) is 5.75 Å². The number of oxime groups is 1. The molecular formula is C13H16N4O3. The molecule has 1 amide bonds. The molecule has 5 N–H and O–H groups in total. The first-order chi connectivity index (χ1) is 9.32. The minimum atomic E-state index is -0.560. The fourth-order valence-electron chi connectivity index (χ4n) is 2.08. The molecule has 0 saturated carbocycles. The Morgan fingerprint density at radius 3 is 2.70 bits per heavy atom. The second-order valence-electron chi connectivity index (χ2n) is 5.14. The van der Waals surface area contributed by atoms with E-state index in [1.807, 2.05) is 13.8 Å². The van der Waals surface area contributed by atoms with Gasteiger partial charge in [0, 0.05) is 17.5 Å². The van der Waals surface area contributed by atoms with Crippen LogP contribution < -0.4 is 16.2 Å². The molecule has 2 rings (SSSR count). The summed E-state index contributed by atoms with van der Waals surface area (Å²) < 4.78 is 5.78. The number of hydrogen-bond donors (Lipinski definition) is 3. The highest BCUT2D eigenvalue weighted by Gasteiger charge is 2.32. The van der Waals surface area contributed by atoms with E-state index in [-0.39, 0.29) is 5.96 Å². The normalized spacial score (nSPS) is 18.0. The van der Waals surface area contributed by atoms with Gasteiger partial charge in [0.05, 0.1) is 5.71 Å². The molecule has 1 aliphatic heterocycles.